The van der Waals surface area contributed by atoms with Gasteiger partial charge in [-0.05, 0) is 48.4 Å². The highest BCUT2D eigenvalue weighted by atomic mass is 32.2. The van der Waals surface area contributed by atoms with Crippen LogP contribution >= 0.6 is 11.8 Å². The fourth-order valence-electron chi connectivity index (χ4n) is 4.52. The van der Waals surface area contributed by atoms with Crippen LogP contribution in [0.4, 0.5) is 4.39 Å². The van der Waals surface area contributed by atoms with Crippen molar-refractivity contribution in [2.75, 3.05) is 6.61 Å². The van der Waals surface area contributed by atoms with E-state index in [1.165, 1.54) is 19.1 Å². The third-order valence-corrected chi connectivity index (χ3v) is 7.48. The van der Waals surface area contributed by atoms with Crippen LogP contribution in [0.1, 0.15) is 74.8 Å². The van der Waals surface area contributed by atoms with E-state index in [1.54, 1.807) is 34.9 Å². The molecule has 2 N–H and O–H groups in total. The van der Waals surface area contributed by atoms with Gasteiger partial charge >= 0.3 is 5.97 Å². The first-order chi connectivity index (χ1) is 19.5. The van der Waals surface area contributed by atoms with E-state index in [1.807, 2.05) is 27.7 Å². The van der Waals surface area contributed by atoms with Crippen molar-refractivity contribution in [3.05, 3.63) is 70.8 Å². The van der Waals surface area contributed by atoms with Crippen LogP contribution in [0.2, 0.25) is 0 Å². The lowest BCUT2D eigenvalue weighted by atomic mass is 9.98. The number of nitrogens with zero attached hydrogens (tertiary/aromatic N) is 2. The number of aromatic carboxylic acids is 1. The van der Waals surface area contributed by atoms with Crippen molar-refractivity contribution in [1.29, 1.82) is 0 Å². The Kier molecular flexibility index (Phi) is 11.5. The number of ether oxygens (including phenoxy) is 1. The number of aromatic nitrogens is 2. The molecule has 220 valence electrons. The van der Waals surface area contributed by atoms with Crippen LogP contribution in [0, 0.1) is 11.7 Å². The van der Waals surface area contributed by atoms with Gasteiger partial charge < -0.3 is 15.2 Å². The van der Waals surface area contributed by atoms with E-state index >= 15 is 4.39 Å². The van der Waals surface area contributed by atoms with E-state index in [-0.39, 0.29) is 35.6 Å². The fraction of sp³-hybridized carbons (Fsp3) is 0.419. The smallest absolute Gasteiger partial charge is 0.336 e. The summed E-state index contributed by atoms with van der Waals surface area (Å²) in [6, 6.07) is 11.5. The minimum absolute atomic E-state index is 0.0915. The van der Waals surface area contributed by atoms with Gasteiger partial charge in [-0.2, -0.15) is 4.98 Å². The molecular weight excluding hydrogens is 545 g/mol. The van der Waals surface area contributed by atoms with Gasteiger partial charge in [0.2, 0.25) is 5.91 Å². The summed E-state index contributed by atoms with van der Waals surface area (Å²) < 4.78 is 23.2. The van der Waals surface area contributed by atoms with Gasteiger partial charge in [-0.15, -0.1) is 0 Å². The predicted molar refractivity (Wildman–Crippen MR) is 159 cm³/mol. The Bertz CT molecular complexity index is 1390. The SMILES string of the molecule is CCCOc1nc(CC)c(CNC(=O)C(CC(C)C)SC(C)=O)n1Cc1ccc(-c2ccccc2C(=O)O)cc1F. The summed E-state index contributed by atoms with van der Waals surface area (Å²) in [5.41, 5.74) is 2.76. The molecule has 1 aromatic heterocycles. The molecule has 2 aromatic carbocycles. The van der Waals surface area contributed by atoms with Crippen molar-refractivity contribution in [2.24, 2.45) is 5.92 Å². The highest BCUT2D eigenvalue weighted by Crippen LogP contribution is 2.28. The van der Waals surface area contributed by atoms with Gasteiger partial charge in [-0.1, -0.05) is 69.8 Å². The molecule has 0 bridgehead atoms. The van der Waals surface area contributed by atoms with Crippen LogP contribution in [0.5, 0.6) is 6.01 Å². The lowest BCUT2D eigenvalue weighted by Crippen LogP contribution is -2.34. The topological polar surface area (TPSA) is 111 Å². The van der Waals surface area contributed by atoms with Gasteiger partial charge in [-0.25, -0.2) is 9.18 Å². The number of thioether (sulfide) groups is 1. The van der Waals surface area contributed by atoms with Gasteiger partial charge in [0.15, 0.2) is 5.12 Å². The zero-order valence-electron chi connectivity index (χ0n) is 24.2. The number of halogens is 1. The van der Waals surface area contributed by atoms with Gasteiger partial charge in [0, 0.05) is 12.5 Å². The van der Waals surface area contributed by atoms with E-state index in [9.17, 15) is 19.5 Å². The van der Waals surface area contributed by atoms with E-state index in [0.717, 1.165) is 23.9 Å². The summed E-state index contributed by atoms with van der Waals surface area (Å²) in [7, 11) is 0. The number of carbonyl (C=O) groups excluding carboxylic acids is 2. The zero-order chi connectivity index (χ0) is 30.1. The Balaban J connectivity index is 1.94. The molecule has 0 saturated heterocycles. The van der Waals surface area contributed by atoms with Crippen LogP contribution in [-0.4, -0.2) is 43.5 Å². The van der Waals surface area contributed by atoms with E-state index < -0.39 is 17.0 Å². The highest BCUT2D eigenvalue weighted by molar-refractivity contribution is 8.14. The average Bonchev–Trinajstić information content (AvgIpc) is 3.26. The molecule has 0 aliphatic heterocycles. The van der Waals surface area contributed by atoms with Gasteiger partial charge in [-0.3, -0.25) is 14.2 Å². The van der Waals surface area contributed by atoms with Gasteiger partial charge in [0.05, 0.1) is 41.9 Å². The second-order valence-electron chi connectivity index (χ2n) is 10.2. The molecule has 0 saturated carbocycles. The number of aryl methyl sites for hydroxylation is 1. The molecule has 0 fully saturated rings. The number of benzene rings is 2. The molecule has 3 rings (SSSR count). The van der Waals surface area contributed by atoms with Crippen LogP contribution in [0.25, 0.3) is 11.1 Å². The number of carboxylic acid groups (broad SMARTS) is 1. The number of nitrogens with one attached hydrogen (secondary N) is 1. The number of hydrogen-bond donors (Lipinski definition) is 2. The lowest BCUT2D eigenvalue weighted by Gasteiger charge is -2.18. The largest absolute Gasteiger partial charge is 0.478 e. The van der Waals surface area contributed by atoms with E-state index in [0.29, 0.717) is 47.8 Å². The van der Waals surface area contributed by atoms with Crippen molar-refractivity contribution in [2.45, 2.75) is 72.2 Å². The second-order valence-corrected chi connectivity index (χ2v) is 11.6. The molecular formula is C31H38FN3O5S. The summed E-state index contributed by atoms with van der Waals surface area (Å²) in [6.45, 7) is 10.0. The lowest BCUT2D eigenvalue weighted by molar-refractivity contribution is -0.121. The Hall–Kier alpha value is -3.66. The van der Waals surface area contributed by atoms with Gasteiger partial charge in [0.1, 0.15) is 5.82 Å². The standard InChI is InChI=1S/C31H38FN3O5S/c1-6-14-40-31-34-26(7-2)27(17-33-29(37)28(15-19(3)4)41-20(5)36)35(31)18-22-13-12-21(16-25(22)32)23-10-8-9-11-24(23)30(38)39/h8-13,16,19,28H,6-7,14-15,17-18H2,1-5H3,(H,33,37)(H,38,39). The van der Waals surface area contributed by atoms with Crippen molar-refractivity contribution in [3.8, 4) is 17.1 Å². The number of hydrogen-bond acceptors (Lipinski definition) is 6. The van der Waals surface area contributed by atoms with Crippen LogP contribution in [0.3, 0.4) is 0 Å². The monoisotopic (exact) mass is 583 g/mol. The molecule has 0 radical (unpaired) electrons. The van der Waals surface area contributed by atoms with E-state index in [2.05, 4.69) is 10.3 Å². The number of imidazole rings is 1. The number of rotatable bonds is 14. The summed E-state index contributed by atoms with van der Waals surface area (Å²) in [5, 5.41) is 11.9. The van der Waals surface area contributed by atoms with Crippen molar-refractivity contribution >= 4 is 28.8 Å². The van der Waals surface area contributed by atoms with Crippen LogP contribution in [0.15, 0.2) is 42.5 Å². The molecule has 1 heterocycles. The van der Waals surface area contributed by atoms with Gasteiger partial charge in [0.25, 0.3) is 6.01 Å². The molecule has 0 aliphatic rings. The first kappa shape index (κ1) is 31.9. The van der Waals surface area contributed by atoms with Crippen molar-refractivity contribution in [1.82, 2.24) is 14.9 Å². The predicted octanol–water partition coefficient (Wildman–Crippen LogP) is 6.10. The molecule has 8 nitrogen and oxygen atoms in total. The van der Waals surface area contributed by atoms with Crippen molar-refractivity contribution < 1.29 is 28.6 Å². The summed E-state index contributed by atoms with van der Waals surface area (Å²) in [5.74, 6) is -1.59. The number of amides is 1. The first-order valence-corrected chi connectivity index (χ1v) is 14.7. The molecule has 10 heteroatoms. The van der Waals surface area contributed by atoms with Crippen LogP contribution < -0.4 is 10.1 Å². The summed E-state index contributed by atoms with van der Waals surface area (Å²) >= 11 is 1.02. The first-order valence-electron chi connectivity index (χ1n) is 13.8. The molecule has 1 unspecified atom stereocenters. The molecule has 1 amide bonds. The minimum atomic E-state index is -1.09. The maximum atomic E-state index is 15.5. The summed E-state index contributed by atoms with van der Waals surface area (Å²) in [6.07, 6.45) is 1.89. The van der Waals surface area contributed by atoms with E-state index in [4.69, 9.17) is 4.74 Å². The highest BCUT2D eigenvalue weighted by Gasteiger charge is 2.25. The van der Waals surface area contributed by atoms with Crippen molar-refractivity contribution in [3.63, 3.8) is 0 Å². The third kappa shape index (κ3) is 8.42. The Morgan fingerprint density at radius 3 is 2.49 bits per heavy atom. The second kappa shape index (κ2) is 14.8. The van der Waals surface area contributed by atoms with Crippen LogP contribution in [-0.2, 0) is 29.1 Å². The Labute approximate surface area is 244 Å². The molecule has 3 aromatic rings. The Morgan fingerprint density at radius 1 is 1.15 bits per heavy atom. The minimum Gasteiger partial charge on any atom is -0.478 e. The molecule has 1 atom stereocenters. The number of carboxylic acids is 1. The average molecular weight is 584 g/mol. The fourth-order valence-corrected chi connectivity index (χ4v) is 5.59. The third-order valence-electron chi connectivity index (χ3n) is 6.46. The number of carbonyl (C=O) groups is 3. The Morgan fingerprint density at radius 2 is 1.88 bits per heavy atom. The normalized spacial score (nSPS) is 11.9. The maximum Gasteiger partial charge on any atom is 0.336 e. The molecule has 0 spiro atoms. The summed E-state index contributed by atoms with van der Waals surface area (Å²) in [4.78, 5) is 41.2. The molecule has 41 heavy (non-hydrogen) atoms. The zero-order valence-corrected chi connectivity index (χ0v) is 25.0. The maximum absolute atomic E-state index is 15.5. The molecule has 0 aliphatic carbocycles. The quantitative estimate of drug-likeness (QED) is 0.236.